The third-order valence-corrected chi connectivity index (χ3v) is 3.46. The number of carbonyl (C=O) groups is 1. The van der Waals surface area contributed by atoms with Crippen molar-refractivity contribution in [3.63, 3.8) is 0 Å². The molecule has 0 amide bonds. The smallest absolute Gasteiger partial charge is 0.351 e. The lowest BCUT2D eigenvalue weighted by Crippen LogP contribution is -2.49. The highest BCUT2D eigenvalue weighted by Crippen LogP contribution is 2.43. The molecule has 0 spiro atoms. The zero-order chi connectivity index (χ0) is 14.2. The van der Waals surface area contributed by atoms with Gasteiger partial charge < -0.3 is 14.6 Å². The van der Waals surface area contributed by atoms with Gasteiger partial charge >= 0.3 is 5.97 Å². The molecule has 1 atom stereocenters. The molecule has 0 aromatic heterocycles. The Labute approximate surface area is 111 Å². The van der Waals surface area contributed by atoms with Gasteiger partial charge in [-0.25, -0.2) is 9.18 Å². The molecule has 0 bridgehead atoms. The van der Waals surface area contributed by atoms with Crippen molar-refractivity contribution in [3.8, 4) is 11.5 Å². The van der Waals surface area contributed by atoms with Crippen molar-refractivity contribution in [2.45, 2.75) is 32.8 Å². The quantitative estimate of drug-likeness (QED) is 0.855. The highest BCUT2D eigenvalue weighted by molar-refractivity contribution is 5.82. The standard InChI is InChI=1S/C14H17FO4/c1-4-18-13(17)14(8(2)3)7-9-11(19-14)6-5-10(16)12(9)15/h5-6,8,16H,4,7H2,1-3H3. The summed E-state index contributed by atoms with van der Waals surface area (Å²) in [6.45, 7) is 5.59. The second-order valence-corrected chi connectivity index (χ2v) is 4.92. The van der Waals surface area contributed by atoms with E-state index in [1.807, 2.05) is 13.8 Å². The number of benzene rings is 1. The van der Waals surface area contributed by atoms with Crippen molar-refractivity contribution in [1.82, 2.24) is 0 Å². The van der Waals surface area contributed by atoms with E-state index in [4.69, 9.17) is 9.47 Å². The van der Waals surface area contributed by atoms with Crippen LogP contribution in [0, 0.1) is 11.7 Å². The molecular weight excluding hydrogens is 251 g/mol. The first kappa shape index (κ1) is 13.6. The van der Waals surface area contributed by atoms with Crippen molar-refractivity contribution >= 4 is 5.97 Å². The summed E-state index contributed by atoms with van der Waals surface area (Å²) in [6.07, 6.45) is 0.0685. The van der Waals surface area contributed by atoms with Crippen LogP contribution >= 0.6 is 0 Å². The van der Waals surface area contributed by atoms with E-state index >= 15 is 0 Å². The molecule has 5 heteroatoms. The molecule has 0 radical (unpaired) electrons. The maximum atomic E-state index is 13.9. The van der Waals surface area contributed by atoms with Gasteiger partial charge in [0.1, 0.15) is 5.75 Å². The number of ether oxygens (including phenoxy) is 2. The van der Waals surface area contributed by atoms with Crippen molar-refractivity contribution < 1.29 is 23.8 Å². The maximum Gasteiger partial charge on any atom is 0.351 e. The minimum absolute atomic E-state index is 0.0685. The fourth-order valence-corrected chi connectivity index (χ4v) is 2.27. The molecule has 1 aromatic carbocycles. The van der Waals surface area contributed by atoms with E-state index < -0.39 is 23.1 Å². The topological polar surface area (TPSA) is 55.8 Å². The molecule has 2 rings (SSSR count). The van der Waals surface area contributed by atoms with E-state index in [0.717, 1.165) is 0 Å². The van der Waals surface area contributed by atoms with Crippen molar-refractivity contribution in [1.29, 1.82) is 0 Å². The van der Waals surface area contributed by atoms with E-state index in [1.54, 1.807) is 6.92 Å². The molecule has 1 heterocycles. The monoisotopic (exact) mass is 268 g/mol. The van der Waals surface area contributed by atoms with Gasteiger partial charge in [0.15, 0.2) is 11.6 Å². The van der Waals surface area contributed by atoms with E-state index in [-0.39, 0.29) is 30.3 Å². The van der Waals surface area contributed by atoms with Crippen LogP contribution in [0.4, 0.5) is 4.39 Å². The van der Waals surface area contributed by atoms with Crippen molar-refractivity contribution in [2.24, 2.45) is 5.92 Å². The van der Waals surface area contributed by atoms with Gasteiger partial charge in [-0.3, -0.25) is 0 Å². The van der Waals surface area contributed by atoms with Gasteiger partial charge in [0.05, 0.1) is 6.61 Å². The van der Waals surface area contributed by atoms with Gasteiger partial charge in [-0.1, -0.05) is 13.8 Å². The van der Waals surface area contributed by atoms with Crippen LogP contribution in [0.1, 0.15) is 26.3 Å². The Morgan fingerprint density at radius 3 is 2.84 bits per heavy atom. The molecule has 104 valence electrons. The van der Waals surface area contributed by atoms with Crippen LogP contribution in [0.15, 0.2) is 12.1 Å². The molecule has 0 saturated heterocycles. The summed E-state index contributed by atoms with van der Waals surface area (Å²) in [5, 5.41) is 9.39. The predicted octanol–water partition coefficient (Wildman–Crippen LogP) is 2.42. The molecule has 1 N–H and O–H groups in total. The summed E-state index contributed by atoms with van der Waals surface area (Å²) in [5.74, 6) is -1.56. The van der Waals surface area contributed by atoms with E-state index in [0.29, 0.717) is 0 Å². The molecule has 0 aliphatic carbocycles. The SMILES string of the molecule is CCOC(=O)C1(C(C)C)Cc2c(ccc(O)c2F)O1. The number of fused-ring (bicyclic) bond motifs is 1. The Morgan fingerprint density at radius 1 is 1.58 bits per heavy atom. The van der Waals surface area contributed by atoms with Crippen LogP contribution in [0.25, 0.3) is 0 Å². The molecule has 1 unspecified atom stereocenters. The van der Waals surface area contributed by atoms with Gasteiger partial charge in [0.2, 0.25) is 5.60 Å². The van der Waals surface area contributed by atoms with Crippen LogP contribution in [0.3, 0.4) is 0 Å². The number of hydrogen-bond acceptors (Lipinski definition) is 4. The Kier molecular flexibility index (Phi) is 3.39. The van der Waals surface area contributed by atoms with E-state index in [2.05, 4.69) is 0 Å². The zero-order valence-electron chi connectivity index (χ0n) is 11.2. The van der Waals surface area contributed by atoms with Crippen LogP contribution < -0.4 is 4.74 Å². The van der Waals surface area contributed by atoms with E-state index in [1.165, 1.54) is 12.1 Å². The summed E-state index contributed by atoms with van der Waals surface area (Å²) in [5.41, 5.74) is -0.991. The summed E-state index contributed by atoms with van der Waals surface area (Å²) in [4.78, 5) is 12.1. The van der Waals surface area contributed by atoms with Gasteiger partial charge in [0, 0.05) is 17.9 Å². The average Bonchev–Trinajstić information content (AvgIpc) is 2.76. The van der Waals surface area contributed by atoms with Crippen molar-refractivity contribution in [3.05, 3.63) is 23.5 Å². The largest absolute Gasteiger partial charge is 0.505 e. The molecule has 1 aliphatic rings. The number of halogens is 1. The number of esters is 1. The summed E-state index contributed by atoms with van der Waals surface area (Å²) in [6, 6.07) is 2.69. The fourth-order valence-electron chi connectivity index (χ4n) is 2.27. The number of rotatable bonds is 3. The first-order chi connectivity index (χ1) is 8.92. The van der Waals surface area contributed by atoms with Gasteiger partial charge in [-0.05, 0) is 19.1 Å². The van der Waals surface area contributed by atoms with Gasteiger partial charge in [0.25, 0.3) is 0 Å². The van der Waals surface area contributed by atoms with Crippen LogP contribution in [0.5, 0.6) is 11.5 Å². The average molecular weight is 268 g/mol. The van der Waals surface area contributed by atoms with Gasteiger partial charge in [-0.15, -0.1) is 0 Å². The Bertz CT molecular complexity index is 512. The number of aromatic hydroxyl groups is 1. The maximum absolute atomic E-state index is 13.9. The second-order valence-electron chi connectivity index (χ2n) is 4.92. The normalized spacial score (nSPS) is 21.1. The number of phenolic OH excluding ortho intramolecular Hbond substituents is 1. The highest BCUT2D eigenvalue weighted by Gasteiger charge is 2.51. The van der Waals surface area contributed by atoms with Crippen LogP contribution in [-0.4, -0.2) is 23.3 Å². The first-order valence-corrected chi connectivity index (χ1v) is 6.29. The third kappa shape index (κ3) is 2.03. The van der Waals surface area contributed by atoms with Crippen LogP contribution in [0.2, 0.25) is 0 Å². The fraction of sp³-hybridized carbons (Fsp3) is 0.500. The molecular formula is C14H17FO4. The minimum atomic E-state index is -1.22. The van der Waals surface area contributed by atoms with E-state index in [9.17, 15) is 14.3 Å². The number of hydrogen-bond donors (Lipinski definition) is 1. The lowest BCUT2D eigenvalue weighted by atomic mass is 9.86. The molecule has 0 saturated carbocycles. The van der Waals surface area contributed by atoms with Gasteiger partial charge in [-0.2, -0.15) is 0 Å². The molecule has 1 aliphatic heterocycles. The van der Waals surface area contributed by atoms with Crippen LogP contribution in [-0.2, 0) is 16.0 Å². The summed E-state index contributed by atoms with van der Waals surface area (Å²) >= 11 is 0. The predicted molar refractivity (Wildman–Crippen MR) is 66.6 cm³/mol. The summed E-state index contributed by atoms with van der Waals surface area (Å²) < 4.78 is 24.6. The minimum Gasteiger partial charge on any atom is -0.505 e. The Hall–Kier alpha value is -1.78. The van der Waals surface area contributed by atoms with Crippen molar-refractivity contribution in [2.75, 3.05) is 6.61 Å². The molecule has 0 fully saturated rings. The Morgan fingerprint density at radius 2 is 2.26 bits per heavy atom. The number of phenols is 1. The molecule has 4 nitrogen and oxygen atoms in total. The first-order valence-electron chi connectivity index (χ1n) is 6.29. The Balaban J connectivity index is 2.43. The lowest BCUT2D eigenvalue weighted by molar-refractivity contribution is -0.164. The third-order valence-electron chi connectivity index (χ3n) is 3.46. The number of carbonyl (C=O) groups excluding carboxylic acids is 1. The second kappa shape index (κ2) is 4.72. The summed E-state index contributed by atoms with van der Waals surface area (Å²) in [7, 11) is 0. The highest BCUT2D eigenvalue weighted by atomic mass is 19.1. The zero-order valence-corrected chi connectivity index (χ0v) is 11.2. The molecule has 1 aromatic rings. The lowest BCUT2D eigenvalue weighted by Gasteiger charge is -2.30. The molecule has 19 heavy (non-hydrogen) atoms.